The molecule has 27 heavy (non-hydrogen) atoms. The SMILES string of the molecule is CC(=O)Oc1ccc2c3c1OC1C(=O)CCC4(O)C(C2)N(C(C)=O)CCC314. The lowest BCUT2D eigenvalue weighted by molar-refractivity contribution is -0.191. The molecule has 0 aromatic heterocycles. The minimum Gasteiger partial charge on any atom is -0.477 e. The van der Waals surface area contributed by atoms with Crippen molar-refractivity contribution in [2.24, 2.45) is 0 Å². The van der Waals surface area contributed by atoms with Gasteiger partial charge in [-0.3, -0.25) is 14.4 Å². The molecule has 4 atom stereocenters. The Bertz CT molecular complexity index is 910. The molecule has 7 heteroatoms. The van der Waals surface area contributed by atoms with Crippen LogP contribution in [-0.4, -0.2) is 52.0 Å². The highest BCUT2D eigenvalue weighted by molar-refractivity contribution is 5.90. The lowest BCUT2D eigenvalue weighted by atomic mass is 9.49. The maximum absolute atomic E-state index is 12.8. The summed E-state index contributed by atoms with van der Waals surface area (Å²) in [5.74, 6) is 0.0935. The van der Waals surface area contributed by atoms with E-state index < -0.39 is 23.1 Å². The van der Waals surface area contributed by atoms with Crippen LogP contribution < -0.4 is 9.47 Å². The Morgan fingerprint density at radius 3 is 2.78 bits per heavy atom. The number of piperidine rings is 1. The van der Waals surface area contributed by atoms with Crippen molar-refractivity contribution >= 4 is 17.7 Å². The maximum atomic E-state index is 12.8. The summed E-state index contributed by atoms with van der Waals surface area (Å²) >= 11 is 0. The molecule has 2 fully saturated rings. The van der Waals surface area contributed by atoms with Crippen molar-refractivity contribution in [3.05, 3.63) is 23.3 Å². The largest absolute Gasteiger partial charge is 0.477 e. The van der Waals surface area contributed by atoms with Crippen molar-refractivity contribution in [1.82, 2.24) is 4.90 Å². The molecule has 1 aromatic rings. The van der Waals surface area contributed by atoms with E-state index in [0.29, 0.717) is 31.6 Å². The average Bonchev–Trinajstić information content (AvgIpc) is 2.94. The smallest absolute Gasteiger partial charge is 0.308 e. The van der Waals surface area contributed by atoms with Gasteiger partial charge < -0.3 is 19.5 Å². The number of nitrogens with zero attached hydrogens (tertiary/aromatic N) is 1. The molecule has 1 aromatic carbocycles. The van der Waals surface area contributed by atoms with Crippen LogP contribution in [0, 0.1) is 0 Å². The van der Waals surface area contributed by atoms with E-state index in [9.17, 15) is 19.5 Å². The van der Waals surface area contributed by atoms with Gasteiger partial charge in [0.1, 0.15) is 0 Å². The summed E-state index contributed by atoms with van der Waals surface area (Å²) in [6.07, 6.45) is 0.636. The van der Waals surface area contributed by atoms with Crippen LogP contribution in [0.4, 0.5) is 0 Å². The van der Waals surface area contributed by atoms with Crippen LogP contribution in [0.25, 0.3) is 0 Å². The second-order valence-electron chi connectivity index (χ2n) is 8.06. The van der Waals surface area contributed by atoms with Crippen LogP contribution in [0.5, 0.6) is 11.5 Å². The Morgan fingerprint density at radius 1 is 1.30 bits per heavy atom. The Hall–Kier alpha value is -2.41. The van der Waals surface area contributed by atoms with Gasteiger partial charge in [-0.05, 0) is 30.9 Å². The number of likely N-dealkylation sites (tertiary alicyclic amines) is 1. The number of aliphatic hydroxyl groups is 1. The molecule has 1 amide bonds. The molecule has 1 spiro atoms. The van der Waals surface area contributed by atoms with Crippen LogP contribution in [0.2, 0.25) is 0 Å². The van der Waals surface area contributed by atoms with Gasteiger partial charge >= 0.3 is 5.97 Å². The number of carbonyl (C=O) groups excluding carboxylic acids is 3. The van der Waals surface area contributed by atoms with E-state index in [0.717, 1.165) is 11.1 Å². The summed E-state index contributed by atoms with van der Waals surface area (Å²) in [4.78, 5) is 38.3. The number of hydrogen-bond donors (Lipinski definition) is 1. The Kier molecular flexibility index (Phi) is 3.16. The molecule has 2 aliphatic heterocycles. The number of amides is 1. The maximum Gasteiger partial charge on any atom is 0.308 e. The molecule has 0 radical (unpaired) electrons. The second kappa shape index (κ2) is 5.10. The van der Waals surface area contributed by atoms with Crippen molar-refractivity contribution in [1.29, 1.82) is 0 Å². The van der Waals surface area contributed by atoms with Crippen molar-refractivity contribution in [3.8, 4) is 11.5 Å². The fraction of sp³-hybridized carbons (Fsp3) is 0.550. The highest BCUT2D eigenvalue weighted by Gasteiger charge is 2.73. The van der Waals surface area contributed by atoms with E-state index in [1.807, 2.05) is 6.07 Å². The molecular weight excluding hydrogens is 350 g/mol. The van der Waals surface area contributed by atoms with Crippen molar-refractivity contribution in [3.63, 3.8) is 0 Å². The van der Waals surface area contributed by atoms with E-state index in [4.69, 9.17) is 9.47 Å². The predicted molar refractivity (Wildman–Crippen MR) is 92.5 cm³/mol. The van der Waals surface area contributed by atoms with Crippen molar-refractivity contribution < 1.29 is 29.0 Å². The van der Waals surface area contributed by atoms with Gasteiger partial charge in [0.2, 0.25) is 5.91 Å². The van der Waals surface area contributed by atoms with Gasteiger partial charge in [-0.1, -0.05) is 6.07 Å². The van der Waals surface area contributed by atoms with Crippen LogP contribution in [0.1, 0.15) is 44.2 Å². The molecule has 5 rings (SSSR count). The van der Waals surface area contributed by atoms with Gasteiger partial charge in [0, 0.05) is 32.4 Å². The molecule has 2 heterocycles. The summed E-state index contributed by atoms with van der Waals surface area (Å²) in [6.45, 7) is 3.30. The fourth-order valence-electron chi connectivity index (χ4n) is 5.93. The molecule has 1 saturated carbocycles. The molecule has 7 nitrogen and oxygen atoms in total. The molecule has 142 valence electrons. The third kappa shape index (κ3) is 1.83. The number of ketones is 1. The molecular formula is C20H21NO6. The van der Waals surface area contributed by atoms with E-state index in [1.165, 1.54) is 13.8 Å². The van der Waals surface area contributed by atoms with Gasteiger partial charge in [0.25, 0.3) is 0 Å². The zero-order chi connectivity index (χ0) is 19.1. The number of rotatable bonds is 1. The summed E-state index contributed by atoms with van der Waals surface area (Å²) < 4.78 is 11.4. The molecule has 4 unspecified atom stereocenters. The van der Waals surface area contributed by atoms with Gasteiger partial charge in [-0.15, -0.1) is 0 Å². The number of hydrogen-bond acceptors (Lipinski definition) is 6. The first-order valence-electron chi connectivity index (χ1n) is 9.33. The summed E-state index contributed by atoms with van der Waals surface area (Å²) in [6, 6.07) is 3.15. The fourth-order valence-corrected chi connectivity index (χ4v) is 5.93. The number of benzene rings is 1. The second-order valence-corrected chi connectivity index (χ2v) is 8.06. The number of ether oxygens (including phenoxy) is 2. The number of esters is 1. The molecule has 1 N–H and O–H groups in total. The molecule has 4 aliphatic rings. The average molecular weight is 371 g/mol. The first-order valence-corrected chi connectivity index (χ1v) is 9.33. The highest BCUT2D eigenvalue weighted by atomic mass is 16.6. The zero-order valence-corrected chi connectivity index (χ0v) is 15.3. The van der Waals surface area contributed by atoms with Gasteiger partial charge in [0.15, 0.2) is 23.4 Å². The van der Waals surface area contributed by atoms with E-state index in [1.54, 1.807) is 11.0 Å². The van der Waals surface area contributed by atoms with Crippen LogP contribution in [-0.2, 0) is 26.2 Å². The molecule has 1 saturated heterocycles. The Balaban J connectivity index is 1.78. The normalized spacial score (nSPS) is 35.4. The summed E-state index contributed by atoms with van der Waals surface area (Å²) in [5.41, 5.74) is -0.388. The Labute approximate surface area is 156 Å². The lowest BCUT2D eigenvalue weighted by Gasteiger charge is -2.62. The third-order valence-corrected chi connectivity index (χ3v) is 6.90. The summed E-state index contributed by atoms with van der Waals surface area (Å²) in [7, 11) is 0. The number of carbonyl (C=O) groups is 3. The third-order valence-electron chi connectivity index (χ3n) is 6.90. The minimum absolute atomic E-state index is 0.0486. The first-order chi connectivity index (χ1) is 12.8. The van der Waals surface area contributed by atoms with Crippen LogP contribution in [0.3, 0.4) is 0 Å². The van der Waals surface area contributed by atoms with Gasteiger partial charge in [-0.25, -0.2) is 0 Å². The minimum atomic E-state index is -1.23. The summed E-state index contributed by atoms with van der Waals surface area (Å²) in [5, 5.41) is 11.9. The standard InChI is InChI=1S/C20H21NO6/c1-10(22)21-8-7-19-16-12-3-4-14(26-11(2)23)17(16)27-18(19)13(24)5-6-20(19,25)15(21)9-12/h3-4,15,18,25H,5-9H2,1-2H3. The van der Waals surface area contributed by atoms with Gasteiger partial charge in [0.05, 0.1) is 17.1 Å². The number of Topliss-reactive ketones (excluding diaryl/α,β-unsaturated/α-hetero) is 1. The van der Waals surface area contributed by atoms with E-state index in [2.05, 4.69) is 0 Å². The highest BCUT2D eigenvalue weighted by Crippen LogP contribution is 2.64. The predicted octanol–water partition coefficient (Wildman–Crippen LogP) is 0.882. The quantitative estimate of drug-likeness (QED) is 0.582. The van der Waals surface area contributed by atoms with Crippen LogP contribution >= 0.6 is 0 Å². The van der Waals surface area contributed by atoms with E-state index in [-0.39, 0.29) is 29.9 Å². The first kappa shape index (κ1) is 16.7. The lowest BCUT2D eigenvalue weighted by Crippen LogP contribution is -2.77. The Morgan fingerprint density at radius 2 is 2.07 bits per heavy atom. The molecule has 2 aliphatic carbocycles. The van der Waals surface area contributed by atoms with Gasteiger partial charge in [-0.2, -0.15) is 0 Å². The monoisotopic (exact) mass is 371 g/mol. The van der Waals surface area contributed by atoms with E-state index >= 15 is 0 Å². The molecule has 2 bridgehead atoms. The van der Waals surface area contributed by atoms with Crippen molar-refractivity contribution in [2.75, 3.05) is 6.54 Å². The topological polar surface area (TPSA) is 93.1 Å². The van der Waals surface area contributed by atoms with Crippen molar-refractivity contribution in [2.45, 2.75) is 62.7 Å². The van der Waals surface area contributed by atoms with Crippen LogP contribution in [0.15, 0.2) is 12.1 Å². The zero-order valence-electron chi connectivity index (χ0n) is 15.3.